The molecule has 1 saturated carbocycles. The molecule has 1 aliphatic carbocycles. The monoisotopic (exact) mass is 964 g/mol. The number of carbonyl (C=O) groups is 5. The number of nitrogens with zero attached hydrogens (tertiary/aromatic N) is 5. The number of amides is 1. The van der Waals surface area contributed by atoms with Gasteiger partial charge in [0.15, 0.2) is 5.78 Å². The van der Waals surface area contributed by atoms with Gasteiger partial charge >= 0.3 is 5.97 Å². The van der Waals surface area contributed by atoms with Crippen LogP contribution in [-0.2, 0) is 47.7 Å². The van der Waals surface area contributed by atoms with Gasteiger partial charge in [0.1, 0.15) is 30.4 Å². The Balaban J connectivity index is 1.46. The predicted octanol–water partition coefficient (Wildman–Crippen LogP) is 7.32. The summed E-state index contributed by atoms with van der Waals surface area (Å²) in [6.07, 6.45) is 16.7. The van der Waals surface area contributed by atoms with Crippen LogP contribution in [0.25, 0.3) is 0 Å². The van der Waals surface area contributed by atoms with Gasteiger partial charge in [-0.25, -0.2) is 9.48 Å². The molecule has 1 aromatic heterocycles. The van der Waals surface area contributed by atoms with Crippen molar-refractivity contribution in [3.8, 4) is 0 Å². The van der Waals surface area contributed by atoms with E-state index >= 15 is 0 Å². The van der Waals surface area contributed by atoms with Crippen LogP contribution in [0.15, 0.2) is 53.9 Å². The minimum Gasteiger partial charge on any atom is -0.460 e. The minimum atomic E-state index is -2.41. The summed E-state index contributed by atoms with van der Waals surface area (Å²) in [5.41, 5.74) is 1.74. The number of hydrogen-bond donors (Lipinski definition) is 1. The van der Waals surface area contributed by atoms with E-state index in [0.29, 0.717) is 51.4 Å². The van der Waals surface area contributed by atoms with Crippen LogP contribution in [0, 0.1) is 41.4 Å². The molecule has 2 bridgehead atoms. The Morgan fingerprint density at radius 2 is 1.62 bits per heavy atom. The van der Waals surface area contributed by atoms with Crippen molar-refractivity contribution in [1.29, 1.82) is 0 Å². The molecule has 2 unspecified atom stereocenters. The number of aliphatic hydroxyl groups is 1. The molecular formula is C53H81N5O11. The van der Waals surface area contributed by atoms with Gasteiger partial charge in [-0.3, -0.25) is 19.2 Å². The first-order valence-corrected chi connectivity index (χ1v) is 25.4. The number of methoxy groups -OCH3 is 3. The zero-order valence-electron chi connectivity index (χ0n) is 43.1. The van der Waals surface area contributed by atoms with Gasteiger partial charge in [0.25, 0.3) is 11.7 Å². The van der Waals surface area contributed by atoms with Crippen molar-refractivity contribution < 1.29 is 52.8 Å². The number of carbonyl (C=O) groups excluding carboxylic acids is 5. The number of rotatable bonds is 7. The maximum absolute atomic E-state index is 14.5. The molecule has 2 saturated heterocycles. The van der Waals surface area contributed by atoms with E-state index < -0.39 is 65.7 Å². The van der Waals surface area contributed by atoms with E-state index in [-0.39, 0.29) is 72.7 Å². The molecule has 1 amide bonds. The number of esters is 1. The molecule has 1 aromatic rings. The van der Waals surface area contributed by atoms with E-state index in [1.54, 1.807) is 39.3 Å². The number of tetrazole rings is 1. The summed E-state index contributed by atoms with van der Waals surface area (Å²) in [5, 5.41) is 23.8. The van der Waals surface area contributed by atoms with Crippen LogP contribution in [0.3, 0.4) is 0 Å². The Morgan fingerprint density at radius 3 is 2.30 bits per heavy atom. The third kappa shape index (κ3) is 14.2. The molecular weight excluding hydrogens is 883 g/mol. The quantitative estimate of drug-likeness (QED) is 0.162. The lowest BCUT2D eigenvalue weighted by Crippen LogP contribution is -2.61. The lowest BCUT2D eigenvalue weighted by atomic mass is 9.77. The fourth-order valence-electron chi connectivity index (χ4n) is 11.0. The first kappa shape index (κ1) is 55.7. The zero-order chi connectivity index (χ0) is 50.6. The van der Waals surface area contributed by atoms with E-state index in [0.717, 1.165) is 24.0 Å². The number of aromatic nitrogens is 4. The van der Waals surface area contributed by atoms with Crippen molar-refractivity contribution >= 4 is 29.2 Å². The minimum absolute atomic E-state index is 0.00377. The SMILES string of the molecule is CO[C@H]1CC2CC[C@@H](C)[C@@](O)(O2)C(=O)C(=O)N2CCCCC2C(=O)O[C@H]([C@H](C)C[C@@H]2CC[C@H](n3cnnn3)[C@H](OC)C2)CC(=O)[C@H](C)C=C(C)[C@@H](C)[C@@H](OC)C(=O)[C@H](C)C[C@H](C)C=CC=CC=C1C. The highest BCUT2D eigenvalue weighted by Gasteiger charge is 2.53. The average Bonchev–Trinajstić information content (AvgIpc) is 3.88. The molecule has 69 heavy (non-hydrogen) atoms. The first-order chi connectivity index (χ1) is 32.8. The number of allylic oxidation sites excluding steroid dienone is 6. The Hall–Kier alpha value is -4.22. The molecule has 16 heteroatoms. The number of piperidine rings is 1. The topological polar surface area (TPSA) is 199 Å². The van der Waals surface area contributed by atoms with E-state index in [2.05, 4.69) is 28.5 Å². The molecule has 0 radical (unpaired) electrons. The molecule has 0 aromatic carbocycles. The highest BCUT2D eigenvalue weighted by atomic mass is 16.6. The third-order valence-corrected chi connectivity index (χ3v) is 15.6. The smallest absolute Gasteiger partial charge is 0.329 e. The van der Waals surface area contributed by atoms with E-state index in [1.165, 1.54) is 4.90 Å². The van der Waals surface area contributed by atoms with Crippen LogP contribution in [0.2, 0.25) is 0 Å². The molecule has 4 aliphatic rings. The van der Waals surface area contributed by atoms with Gasteiger partial charge in [-0.2, -0.15) is 0 Å². The number of Topliss-reactive ketones (excluding diaryl/α,β-unsaturated/α-hetero) is 3. The summed E-state index contributed by atoms with van der Waals surface area (Å²) in [4.78, 5) is 72.6. The van der Waals surface area contributed by atoms with E-state index in [9.17, 15) is 29.1 Å². The van der Waals surface area contributed by atoms with Gasteiger partial charge in [-0.15, -0.1) is 5.10 Å². The van der Waals surface area contributed by atoms with Gasteiger partial charge in [-0.05, 0) is 112 Å². The highest BCUT2D eigenvalue weighted by molar-refractivity contribution is 6.39. The van der Waals surface area contributed by atoms with E-state index in [4.69, 9.17) is 23.7 Å². The number of ketones is 3. The largest absolute Gasteiger partial charge is 0.460 e. The van der Waals surface area contributed by atoms with E-state index in [1.807, 2.05) is 71.9 Å². The van der Waals surface area contributed by atoms with Gasteiger partial charge in [0.05, 0.1) is 24.4 Å². The average molecular weight is 964 g/mol. The zero-order valence-corrected chi connectivity index (χ0v) is 43.1. The summed E-state index contributed by atoms with van der Waals surface area (Å²) in [6.45, 7) is 15.4. The van der Waals surface area contributed by atoms with Gasteiger partial charge < -0.3 is 33.7 Å². The fourth-order valence-corrected chi connectivity index (χ4v) is 11.0. The Kier molecular flexibility index (Phi) is 20.8. The summed E-state index contributed by atoms with van der Waals surface area (Å²) in [7, 11) is 4.81. The summed E-state index contributed by atoms with van der Waals surface area (Å²) in [5.74, 6) is -7.27. The second-order valence-corrected chi connectivity index (χ2v) is 20.7. The summed E-state index contributed by atoms with van der Waals surface area (Å²) in [6, 6.07) is -1.14. The third-order valence-electron chi connectivity index (χ3n) is 15.6. The lowest BCUT2D eigenvalue weighted by molar-refractivity contribution is -0.265. The van der Waals surface area contributed by atoms with Crippen LogP contribution in [0.5, 0.6) is 0 Å². The van der Waals surface area contributed by atoms with Gasteiger partial charge in [-0.1, -0.05) is 83.6 Å². The number of hydrogen-bond acceptors (Lipinski definition) is 14. The second-order valence-electron chi connectivity index (χ2n) is 20.7. The predicted molar refractivity (Wildman–Crippen MR) is 259 cm³/mol. The fraction of sp³-hybridized carbons (Fsp3) is 0.736. The molecule has 0 spiro atoms. The maximum Gasteiger partial charge on any atom is 0.329 e. The number of fused-ring (bicyclic) bond motifs is 3. The molecule has 4 heterocycles. The second kappa shape index (κ2) is 25.8. The highest BCUT2D eigenvalue weighted by Crippen LogP contribution is 2.39. The number of cyclic esters (lactones) is 1. The number of ether oxygens (including phenoxy) is 5. The normalized spacial score (nSPS) is 36.3. The Morgan fingerprint density at radius 1 is 0.870 bits per heavy atom. The molecule has 1 N–H and O–H groups in total. The van der Waals surface area contributed by atoms with Crippen molar-refractivity contribution in [2.24, 2.45) is 41.4 Å². The van der Waals surface area contributed by atoms with Crippen LogP contribution in [0.1, 0.15) is 138 Å². The molecule has 16 nitrogen and oxygen atoms in total. The molecule has 384 valence electrons. The van der Waals surface area contributed by atoms with Crippen LogP contribution >= 0.6 is 0 Å². The molecule has 15 atom stereocenters. The van der Waals surface area contributed by atoms with Crippen LogP contribution < -0.4 is 0 Å². The molecule has 3 aliphatic heterocycles. The molecule has 3 fully saturated rings. The lowest BCUT2D eigenvalue weighted by Gasteiger charge is -2.42. The Bertz CT molecular complexity index is 2020. The van der Waals surface area contributed by atoms with Gasteiger partial charge in [0, 0.05) is 64.4 Å². The summed E-state index contributed by atoms with van der Waals surface area (Å²) < 4.78 is 31.9. The van der Waals surface area contributed by atoms with Crippen molar-refractivity contribution in [1.82, 2.24) is 25.1 Å². The maximum atomic E-state index is 14.5. The van der Waals surface area contributed by atoms with Crippen molar-refractivity contribution in [2.45, 2.75) is 181 Å². The van der Waals surface area contributed by atoms with Crippen molar-refractivity contribution in [3.05, 3.63) is 53.9 Å². The van der Waals surface area contributed by atoms with Crippen LogP contribution in [-0.4, -0.2) is 130 Å². The molecule has 5 rings (SSSR count). The Labute approximate surface area is 410 Å². The van der Waals surface area contributed by atoms with Crippen molar-refractivity contribution in [2.75, 3.05) is 27.9 Å². The summed E-state index contributed by atoms with van der Waals surface area (Å²) >= 11 is 0. The standard InChI is InChI=1S/C53H81N5O11/c1-32-17-13-12-14-18-33(2)45(65-9)29-41-22-20-38(7)53(64,69-41)50(61)51(62)57-24-16-15-19-43(57)52(63)68-46(36(5)27-40-21-23-42(47(28-40)66-10)58-31-54-55-56-58)30-44(59)35(4)26-34(3)39(8)49(67-11)48(60)37(6)25-32/h12-14,17-18,26,31-32,35-43,45-47,49,64H,15-16,19-25,27-30H2,1-11H3/t32-,35-,36-,37-,38-,39-,40+,41?,42+,43?,45+,46+,47-,49-,53-/m1/s1. The van der Waals surface area contributed by atoms with Crippen molar-refractivity contribution in [3.63, 3.8) is 0 Å². The first-order valence-electron chi connectivity index (χ1n) is 25.4. The van der Waals surface area contributed by atoms with Crippen LogP contribution in [0.4, 0.5) is 0 Å². The van der Waals surface area contributed by atoms with Gasteiger partial charge in [0.2, 0.25) is 5.79 Å².